The quantitative estimate of drug-likeness (QED) is 0.258. The molecule has 8 nitrogen and oxygen atoms in total. The molecule has 0 spiro atoms. The lowest BCUT2D eigenvalue weighted by atomic mass is 9.81. The predicted molar refractivity (Wildman–Crippen MR) is 176 cm³/mol. The van der Waals surface area contributed by atoms with Gasteiger partial charge in [0.15, 0.2) is 5.82 Å². The number of hydrogen-bond acceptors (Lipinski definition) is 8. The van der Waals surface area contributed by atoms with Crippen molar-refractivity contribution in [1.82, 2.24) is 25.2 Å². The summed E-state index contributed by atoms with van der Waals surface area (Å²) in [7, 11) is 0. The van der Waals surface area contributed by atoms with Gasteiger partial charge in [0.2, 0.25) is 0 Å². The number of nitrogens with one attached hydrogen (secondary N) is 1. The van der Waals surface area contributed by atoms with Crippen LogP contribution in [-0.2, 0) is 0 Å². The second kappa shape index (κ2) is 11.2. The summed E-state index contributed by atoms with van der Waals surface area (Å²) in [6.07, 6.45) is 2.20. The van der Waals surface area contributed by atoms with Crippen LogP contribution in [0, 0.1) is 24.5 Å². The molecule has 2 N–H and O–H groups in total. The van der Waals surface area contributed by atoms with Crippen molar-refractivity contribution in [3.63, 3.8) is 0 Å². The number of aromatic nitrogens is 3. The molecule has 4 aromatic rings. The molecule has 3 fully saturated rings. The first-order valence-electron chi connectivity index (χ1n) is 17.0. The van der Waals surface area contributed by atoms with E-state index in [0.29, 0.717) is 58.3 Å². The van der Waals surface area contributed by atoms with E-state index in [2.05, 4.69) is 35.9 Å². The summed E-state index contributed by atoms with van der Waals surface area (Å²) in [5, 5.41) is 16.0. The number of piperazine rings is 1. The van der Waals surface area contributed by atoms with E-state index in [4.69, 9.17) is 19.7 Å². The van der Waals surface area contributed by atoms with Crippen LogP contribution in [0.2, 0.25) is 0 Å². The number of benzene rings is 2. The molecule has 0 bridgehead atoms. The number of aryl methyl sites for hydroxylation is 1. The maximum atomic E-state index is 17.2. The summed E-state index contributed by atoms with van der Waals surface area (Å²) in [4.78, 5) is 19.2. The van der Waals surface area contributed by atoms with E-state index >= 15 is 4.39 Å². The molecule has 11 heteroatoms. The van der Waals surface area contributed by atoms with Crippen molar-refractivity contribution >= 4 is 27.5 Å². The fraction of sp³-hybridized carbons (Fsp3) is 0.528. The first-order chi connectivity index (χ1) is 22.6. The molecule has 4 aliphatic rings. The highest BCUT2D eigenvalue weighted by Crippen LogP contribution is 2.47. The zero-order chi connectivity index (χ0) is 32.8. The third kappa shape index (κ3) is 4.67. The number of pyridine rings is 1. The predicted octanol–water partition coefficient (Wildman–Crippen LogP) is 6.40. The van der Waals surface area contributed by atoms with Gasteiger partial charge in [-0.25, -0.2) is 18.2 Å². The molecule has 0 radical (unpaired) electrons. The number of alkyl halides is 1. The Kier molecular flexibility index (Phi) is 7.29. The number of ether oxygens (including phenoxy) is 1. The zero-order valence-electron chi connectivity index (χ0n) is 27.3. The van der Waals surface area contributed by atoms with Crippen LogP contribution < -0.4 is 15.0 Å². The first-order valence-corrected chi connectivity index (χ1v) is 17.0. The summed E-state index contributed by atoms with van der Waals surface area (Å²) in [5.74, 6) is -0.592. The topological polar surface area (TPSA) is 86.6 Å². The van der Waals surface area contributed by atoms with E-state index in [1.165, 1.54) is 12.1 Å². The third-order valence-corrected chi connectivity index (χ3v) is 11.6. The number of halogens is 3. The molecule has 0 unspecified atom stereocenters. The van der Waals surface area contributed by atoms with Crippen molar-refractivity contribution < 1.29 is 23.0 Å². The summed E-state index contributed by atoms with van der Waals surface area (Å²) >= 11 is 0. The van der Waals surface area contributed by atoms with Crippen LogP contribution in [0.3, 0.4) is 0 Å². The minimum atomic E-state index is -0.907. The van der Waals surface area contributed by atoms with Crippen LogP contribution in [0.4, 0.5) is 19.0 Å². The van der Waals surface area contributed by atoms with Gasteiger partial charge in [0.25, 0.3) is 0 Å². The number of aromatic hydroxyl groups is 1. The maximum Gasteiger partial charge on any atom is 0.319 e. The molecule has 6 atom stereocenters. The van der Waals surface area contributed by atoms with Crippen molar-refractivity contribution in [1.29, 1.82) is 0 Å². The Labute approximate surface area is 272 Å². The highest BCUT2D eigenvalue weighted by molar-refractivity contribution is 6.02. The number of phenols is 1. The number of rotatable bonds is 5. The second-order valence-electron chi connectivity index (χ2n) is 14.1. The maximum absolute atomic E-state index is 17.2. The van der Waals surface area contributed by atoms with Gasteiger partial charge in [0.05, 0.1) is 16.6 Å². The van der Waals surface area contributed by atoms with E-state index in [0.717, 1.165) is 32.4 Å². The Morgan fingerprint density at radius 2 is 1.94 bits per heavy atom. The number of hydrogen-bond donors (Lipinski definition) is 2. The molecule has 2 aromatic carbocycles. The fourth-order valence-electron chi connectivity index (χ4n) is 9.07. The van der Waals surface area contributed by atoms with Gasteiger partial charge in [-0.05, 0) is 73.2 Å². The van der Waals surface area contributed by atoms with E-state index in [9.17, 15) is 13.9 Å². The van der Waals surface area contributed by atoms with E-state index < -0.39 is 23.3 Å². The van der Waals surface area contributed by atoms with Crippen molar-refractivity contribution in [3.8, 4) is 23.0 Å². The number of fused-ring (bicyclic) bond motifs is 4. The minimum Gasteiger partial charge on any atom is -0.508 e. The van der Waals surface area contributed by atoms with E-state index in [1.807, 2.05) is 0 Å². The number of nitrogens with zero attached hydrogens (tertiary/aromatic N) is 5. The summed E-state index contributed by atoms with van der Waals surface area (Å²) in [6, 6.07) is 6.21. The van der Waals surface area contributed by atoms with Crippen LogP contribution in [0.25, 0.3) is 32.9 Å². The Morgan fingerprint density at radius 1 is 1.11 bits per heavy atom. The number of phenolic OH excluding ortho intramolecular Hbond substituents is 1. The zero-order valence-corrected chi connectivity index (χ0v) is 27.3. The van der Waals surface area contributed by atoms with E-state index in [1.54, 1.807) is 19.1 Å². The standard InChI is InChI=1S/C36H41F3N6O2/c1-5-26-33-19(3)18(2)30-28-32(29(39)31(41-30)24-14-23(46)13-21-7-8-25(38)20(4)27(21)24)42-35(43-34(28)45(33)12-10-40-26)47-17-36-9-6-11-44(36)16-22(37)15-36/h7-8,13-14,18-19,22,26,33,40,46H,5-6,9-12,15-17H2,1-4H3/t18-,19-,22+,26-,33-,36-/m0/s1. The molecular weight excluding hydrogens is 605 g/mol. The Bertz CT molecular complexity index is 1910. The normalized spacial score (nSPS) is 28.9. The van der Waals surface area contributed by atoms with Gasteiger partial charge in [-0.15, -0.1) is 0 Å². The summed E-state index contributed by atoms with van der Waals surface area (Å²) in [5.41, 5.74) is 0.962. The van der Waals surface area contributed by atoms with Gasteiger partial charge in [-0.1, -0.05) is 26.8 Å². The van der Waals surface area contributed by atoms with Crippen LogP contribution in [0.5, 0.6) is 11.8 Å². The van der Waals surface area contributed by atoms with Gasteiger partial charge in [-0.3, -0.25) is 4.90 Å². The van der Waals surface area contributed by atoms with E-state index in [-0.39, 0.29) is 53.5 Å². The number of anilines is 1. The SMILES string of the molecule is CC[C@@H]1NCCN2c3nc(OC[C@@]45CCCN4C[C@H](F)C5)nc4c(F)c(-c5cc(O)cc6ccc(F)c(C)c56)nc(c34)[C@@H](C)[C@H](C)[C@@H]12. The van der Waals surface area contributed by atoms with Crippen LogP contribution >= 0.6 is 0 Å². The Balaban J connectivity index is 1.36. The average molecular weight is 647 g/mol. The largest absolute Gasteiger partial charge is 0.508 e. The average Bonchev–Trinajstić information content (AvgIpc) is 3.57. The lowest BCUT2D eigenvalue weighted by Crippen LogP contribution is -2.60. The molecule has 3 saturated heterocycles. The molecule has 47 heavy (non-hydrogen) atoms. The highest BCUT2D eigenvalue weighted by atomic mass is 19.1. The molecule has 4 aliphatic heterocycles. The highest BCUT2D eigenvalue weighted by Gasteiger charge is 2.50. The van der Waals surface area contributed by atoms with Gasteiger partial charge in [0.1, 0.15) is 41.4 Å². The van der Waals surface area contributed by atoms with Crippen molar-refractivity contribution in [2.75, 3.05) is 37.7 Å². The smallest absolute Gasteiger partial charge is 0.319 e. The second-order valence-corrected chi connectivity index (χ2v) is 14.1. The van der Waals surface area contributed by atoms with Crippen LogP contribution in [0.1, 0.15) is 63.6 Å². The van der Waals surface area contributed by atoms with Gasteiger partial charge in [0, 0.05) is 49.6 Å². The molecule has 0 aliphatic carbocycles. The minimum absolute atomic E-state index is 0.00147. The fourth-order valence-corrected chi connectivity index (χ4v) is 9.07. The Morgan fingerprint density at radius 3 is 2.74 bits per heavy atom. The molecule has 0 saturated carbocycles. The molecule has 6 heterocycles. The van der Waals surface area contributed by atoms with Crippen molar-refractivity contribution in [2.45, 2.75) is 83.1 Å². The van der Waals surface area contributed by atoms with Crippen molar-refractivity contribution in [2.24, 2.45) is 5.92 Å². The first kappa shape index (κ1) is 30.6. The lowest BCUT2D eigenvalue weighted by Gasteiger charge is -2.45. The lowest BCUT2D eigenvalue weighted by molar-refractivity contribution is 0.107. The van der Waals surface area contributed by atoms with Gasteiger partial charge >= 0.3 is 6.01 Å². The van der Waals surface area contributed by atoms with Crippen LogP contribution in [-0.4, -0.2) is 81.5 Å². The summed E-state index contributed by atoms with van der Waals surface area (Å²) < 4.78 is 53.1. The van der Waals surface area contributed by atoms with Gasteiger partial charge in [-0.2, -0.15) is 9.97 Å². The summed E-state index contributed by atoms with van der Waals surface area (Å²) in [6.45, 7) is 11.0. The molecule has 248 valence electrons. The molecule has 8 rings (SSSR count). The molecule has 2 aromatic heterocycles. The molecular formula is C36H41F3N6O2. The molecule has 0 amide bonds. The van der Waals surface area contributed by atoms with Gasteiger partial charge < -0.3 is 20.1 Å². The van der Waals surface area contributed by atoms with Crippen LogP contribution in [0.15, 0.2) is 24.3 Å². The third-order valence-electron chi connectivity index (χ3n) is 11.6. The Hall–Kier alpha value is -3.70. The van der Waals surface area contributed by atoms with Crippen molar-refractivity contribution in [3.05, 3.63) is 47.2 Å². The monoisotopic (exact) mass is 646 g/mol.